The zero-order chi connectivity index (χ0) is 8.81. The zero-order valence-corrected chi connectivity index (χ0v) is 10.6. The van der Waals surface area contributed by atoms with Crippen molar-refractivity contribution in [1.82, 2.24) is 0 Å². The lowest BCUT2D eigenvalue weighted by Crippen LogP contribution is -1.93. The largest absolute Gasteiger partial charge is 0.311 e. The molecule has 66 valence electrons. The van der Waals surface area contributed by atoms with Gasteiger partial charge in [-0.05, 0) is 11.1 Å². The summed E-state index contributed by atoms with van der Waals surface area (Å²) in [6.07, 6.45) is 0. The molecular weight excluding hydrogens is 382 g/mol. The second-order valence-corrected chi connectivity index (χ2v) is 3.52. The van der Waals surface area contributed by atoms with Crippen LogP contribution in [0.25, 0.3) is 0 Å². The summed E-state index contributed by atoms with van der Waals surface area (Å²) < 4.78 is 10.1. The highest BCUT2D eigenvalue weighted by Gasteiger charge is 2.00. The van der Waals surface area contributed by atoms with Crippen LogP contribution in [0.5, 0.6) is 0 Å². The molecule has 1 rings (SSSR count). The van der Waals surface area contributed by atoms with Gasteiger partial charge in [0, 0.05) is 0 Å². The molecule has 0 heterocycles. The van der Waals surface area contributed by atoms with Crippen LogP contribution in [0.15, 0.2) is 24.3 Å². The summed E-state index contributed by atoms with van der Waals surface area (Å²) in [7, 11) is 0. The van der Waals surface area contributed by atoms with Crippen molar-refractivity contribution < 1.29 is 6.13 Å². The van der Waals surface area contributed by atoms with Crippen molar-refractivity contribution >= 4 is 46.0 Å². The first kappa shape index (κ1) is 10.7. The summed E-state index contributed by atoms with van der Waals surface area (Å²) >= 11 is 3.79. The first-order valence-electron chi connectivity index (χ1n) is 3.42. The summed E-state index contributed by atoms with van der Waals surface area (Å²) in [4.78, 5) is 0. The van der Waals surface area contributed by atoms with Crippen molar-refractivity contribution in [3.63, 3.8) is 0 Å². The highest BCUT2D eigenvalue weighted by Crippen LogP contribution is 2.13. The van der Waals surface area contributed by atoms with Crippen LogP contribution in [0.1, 0.15) is 11.1 Å². The van der Waals surface area contributed by atoms with Crippen LogP contribution in [0.2, 0.25) is 0 Å². The first-order valence-corrected chi connectivity index (χ1v) is 5.18. The number of rotatable bonds is 4. The molecule has 0 radical (unpaired) electrons. The van der Waals surface area contributed by atoms with Crippen LogP contribution in [0.4, 0.5) is 0 Å². The van der Waals surface area contributed by atoms with Gasteiger partial charge in [0.15, 0.2) is 0 Å². The smallest absolute Gasteiger partial charge is 0.110 e. The first-order chi connectivity index (χ1) is 5.88. The third kappa shape index (κ3) is 3.15. The number of halogens is 2. The fourth-order valence-electron chi connectivity index (χ4n) is 0.957. The minimum atomic E-state index is 0.636. The minimum absolute atomic E-state index is 0.636. The van der Waals surface area contributed by atoms with Gasteiger partial charge in [-0.25, -0.2) is 0 Å². The Morgan fingerprint density at radius 3 is 1.67 bits per heavy atom. The van der Waals surface area contributed by atoms with E-state index in [-0.39, 0.29) is 0 Å². The minimum Gasteiger partial charge on any atom is -0.311 e. The molecule has 0 amide bonds. The molecule has 1 aromatic rings. The Bertz CT molecular complexity index is 215. The highest BCUT2D eigenvalue weighted by molar-refractivity contribution is 14.1. The summed E-state index contributed by atoms with van der Waals surface area (Å²) in [5.41, 5.74) is 2.37. The molecule has 0 saturated heterocycles. The second kappa shape index (κ2) is 6.11. The third-order valence-corrected chi connectivity index (χ3v) is 2.16. The van der Waals surface area contributed by atoms with Gasteiger partial charge in [-0.2, -0.15) is 0 Å². The van der Waals surface area contributed by atoms with Crippen LogP contribution in [0.3, 0.4) is 0 Å². The zero-order valence-electron chi connectivity index (χ0n) is 6.30. The van der Waals surface area contributed by atoms with Gasteiger partial charge in [-0.15, -0.1) is 0 Å². The molecule has 0 bridgehead atoms. The summed E-state index contributed by atoms with van der Waals surface area (Å²) in [5.74, 6) is 0. The molecule has 0 atom stereocenters. The number of hydrogen-bond donors (Lipinski definition) is 0. The molecule has 1 aromatic carbocycles. The normalized spacial score (nSPS) is 10.2. The van der Waals surface area contributed by atoms with Gasteiger partial charge in [0.05, 0.1) is 13.2 Å². The lowest BCUT2D eigenvalue weighted by molar-refractivity contribution is 0.391. The SMILES string of the molecule is IOCc1ccccc1COI. The molecule has 0 unspecified atom stereocenters. The summed E-state index contributed by atoms with van der Waals surface area (Å²) in [5, 5.41) is 0. The highest BCUT2D eigenvalue weighted by atomic mass is 127. The maximum absolute atomic E-state index is 5.03. The third-order valence-electron chi connectivity index (χ3n) is 1.54. The standard InChI is InChI=1S/C8H8I2O2/c9-11-5-7-3-1-2-4-8(7)6-12-10/h1-4H,5-6H2. The van der Waals surface area contributed by atoms with Crippen molar-refractivity contribution in [2.24, 2.45) is 0 Å². The predicted octanol–water partition coefficient (Wildman–Crippen LogP) is 3.42. The Labute approximate surface area is 100 Å². The Morgan fingerprint density at radius 2 is 1.33 bits per heavy atom. The van der Waals surface area contributed by atoms with Gasteiger partial charge in [-0.3, -0.25) is 0 Å². The molecular formula is C8H8I2O2. The molecule has 0 aromatic heterocycles. The Kier molecular flexibility index (Phi) is 5.44. The average molecular weight is 390 g/mol. The quantitative estimate of drug-likeness (QED) is 0.734. The number of hydrogen-bond acceptors (Lipinski definition) is 2. The average Bonchev–Trinajstić information content (AvgIpc) is 2.09. The van der Waals surface area contributed by atoms with Crippen molar-refractivity contribution in [1.29, 1.82) is 0 Å². The second-order valence-electron chi connectivity index (χ2n) is 2.28. The van der Waals surface area contributed by atoms with Crippen molar-refractivity contribution in [3.8, 4) is 0 Å². The Hall–Kier alpha value is 0.600. The fraction of sp³-hybridized carbons (Fsp3) is 0.250. The lowest BCUT2D eigenvalue weighted by atomic mass is 10.1. The molecule has 12 heavy (non-hydrogen) atoms. The van der Waals surface area contributed by atoms with Gasteiger partial charge in [0.25, 0.3) is 0 Å². The van der Waals surface area contributed by atoms with E-state index >= 15 is 0 Å². The van der Waals surface area contributed by atoms with E-state index in [1.165, 1.54) is 11.1 Å². The van der Waals surface area contributed by atoms with E-state index < -0.39 is 0 Å². The molecule has 0 spiro atoms. The number of benzene rings is 1. The Morgan fingerprint density at radius 1 is 0.917 bits per heavy atom. The lowest BCUT2D eigenvalue weighted by Gasteiger charge is -2.04. The molecule has 0 aliphatic carbocycles. The van der Waals surface area contributed by atoms with Gasteiger partial charge in [0.2, 0.25) is 0 Å². The molecule has 0 aliphatic rings. The van der Waals surface area contributed by atoms with Gasteiger partial charge in [0.1, 0.15) is 46.0 Å². The van der Waals surface area contributed by atoms with Crippen LogP contribution >= 0.6 is 46.0 Å². The maximum Gasteiger partial charge on any atom is 0.110 e. The van der Waals surface area contributed by atoms with E-state index in [1.54, 1.807) is 0 Å². The molecule has 4 heteroatoms. The van der Waals surface area contributed by atoms with Crippen LogP contribution in [0, 0.1) is 0 Å². The summed E-state index contributed by atoms with van der Waals surface area (Å²) in [6, 6.07) is 8.09. The van der Waals surface area contributed by atoms with E-state index in [1.807, 2.05) is 70.3 Å². The molecule has 0 aliphatic heterocycles. The molecule has 0 N–H and O–H groups in total. The van der Waals surface area contributed by atoms with E-state index in [9.17, 15) is 0 Å². The van der Waals surface area contributed by atoms with Gasteiger partial charge in [-0.1, -0.05) is 24.3 Å². The van der Waals surface area contributed by atoms with Crippen LogP contribution in [-0.2, 0) is 19.3 Å². The molecule has 0 fully saturated rings. The van der Waals surface area contributed by atoms with E-state index in [2.05, 4.69) is 0 Å². The monoisotopic (exact) mass is 390 g/mol. The van der Waals surface area contributed by atoms with E-state index in [0.29, 0.717) is 13.2 Å². The predicted molar refractivity (Wildman–Crippen MR) is 64.1 cm³/mol. The molecule has 0 saturated carbocycles. The van der Waals surface area contributed by atoms with Crippen molar-refractivity contribution in [2.45, 2.75) is 13.2 Å². The van der Waals surface area contributed by atoms with E-state index in [4.69, 9.17) is 6.13 Å². The van der Waals surface area contributed by atoms with Gasteiger partial charge < -0.3 is 6.13 Å². The van der Waals surface area contributed by atoms with Crippen LogP contribution in [-0.4, -0.2) is 0 Å². The summed E-state index contributed by atoms with van der Waals surface area (Å²) in [6.45, 7) is 1.27. The van der Waals surface area contributed by atoms with Gasteiger partial charge >= 0.3 is 0 Å². The molecule has 2 nitrogen and oxygen atoms in total. The van der Waals surface area contributed by atoms with Crippen molar-refractivity contribution in [3.05, 3.63) is 35.4 Å². The van der Waals surface area contributed by atoms with Crippen LogP contribution < -0.4 is 0 Å². The van der Waals surface area contributed by atoms with Crippen molar-refractivity contribution in [2.75, 3.05) is 0 Å². The topological polar surface area (TPSA) is 18.5 Å². The van der Waals surface area contributed by atoms with E-state index in [0.717, 1.165) is 0 Å². The maximum atomic E-state index is 5.03. The fourth-order valence-corrected chi connectivity index (χ4v) is 1.63. The Balaban J connectivity index is 2.77.